The summed E-state index contributed by atoms with van der Waals surface area (Å²) in [5.41, 5.74) is 6.51. The van der Waals surface area contributed by atoms with E-state index in [9.17, 15) is 8.78 Å². The molecule has 0 radical (unpaired) electrons. The third kappa shape index (κ3) is 2.15. The van der Waals surface area contributed by atoms with Gasteiger partial charge < -0.3 is 15.0 Å². The van der Waals surface area contributed by atoms with E-state index in [1.165, 1.54) is 7.11 Å². The lowest BCUT2D eigenvalue weighted by Gasteiger charge is -2.08. The van der Waals surface area contributed by atoms with Gasteiger partial charge in [0.1, 0.15) is 5.75 Å². The lowest BCUT2D eigenvalue weighted by molar-refractivity contribution is 0.412. The van der Waals surface area contributed by atoms with Gasteiger partial charge in [0.05, 0.1) is 12.6 Å². The molecule has 2 rings (SSSR count). The number of halogens is 3. The van der Waals surface area contributed by atoms with Crippen LogP contribution in [0, 0.1) is 18.6 Å². The number of ether oxygens (including phenoxy) is 1. The summed E-state index contributed by atoms with van der Waals surface area (Å²) >= 11 is 0. The minimum Gasteiger partial charge on any atom is -0.496 e. The van der Waals surface area contributed by atoms with Crippen molar-refractivity contribution in [2.45, 2.75) is 13.5 Å². The molecule has 0 unspecified atom stereocenters. The molecule has 2 N–H and O–H groups in total. The Morgan fingerprint density at radius 1 is 1.33 bits per heavy atom. The van der Waals surface area contributed by atoms with Gasteiger partial charge in [-0.1, -0.05) is 0 Å². The molecule has 100 valence electrons. The van der Waals surface area contributed by atoms with Gasteiger partial charge in [-0.3, -0.25) is 0 Å². The summed E-state index contributed by atoms with van der Waals surface area (Å²) in [5.74, 6) is -1.44. The second-order valence-electron chi connectivity index (χ2n) is 3.86. The molecule has 3 nitrogen and oxygen atoms in total. The number of rotatable bonds is 3. The molecule has 18 heavy (non-hydrogen) atoms. The predicted molar refractivity (Wildman–Crippen MR) is 69.4 cm³/mol. The van der Waals surface area contributed by atoms with Gasteiger partial charge in [-0.2, -0.15) is 0 Å². The van der Waals surface area contributed by atoms with E-state index >= 15 is 0 Å². The van der Waals surface area contributed by atoms with Crippen molar-refractivity contribution in [3.05, 3.63) is 29.5 Å². The fourth-order valence-electron chi connectivity index (χ4n) is 2.06. The summed E-state index contributed by atoms with van der Waals surface area (Å²) in [6.45, 7) is 2.63. The summed E-state index contributed by atoms with van der Waals surface area (Å²) in [6, 6.07) is 2.83. The highest BCUT2D eigenvalue weighted by Crippen LogP contribution is 2.32. The van der Waals surface area contributed by atoms with Crippen molar-refractivity contribution in [2.24, 2.45) is 5.73 Å². The van der Waals surface area contributed by atoms with Crippen molar-refractivity contribution in [2.75, 3.05) is 13.7 Å². The van der Waals surface area contributed by atoms with Crippen LogP contribution in [0.15, 0.2) is 12.1 Å². The highest BCUT2D eigenvalue weighted by Gasteiger charge is 2.18. The Morgan fingerprint density at radius 2 is 2.00 bits per heavy atom. The number of methoxy groups -OCH3 is 1. The molecule has 0 fully saturated rings. The van der Waals surface area contributed by atoms with Crippen LogP contribution in [0.2, 0.25) is 0 Å². The molecular formula is C12H15ClF2N2O. The van der Waals surface area contributed by atoms with E-state index in [4.69, 9.17) is 10.5 Å². The molecule has 0 saturated heterocycles. The van der Waals surface area contributed by atoms with Crippen LogP contribution in [0.3, 0.4) is 0 Å². The first-order chi connectivity index (χ1) is 8.10. The first-order valence-corrected chi connectivity index (χ1v) is 5.32. The topological polar surface area (TPSA) is 40.2 Å². The van der Waals surface area contributed by atoms with Crippen LogP contribution >= 0.6 is 12.4 Å². The maximum Gasteiger partial charge on any atom is 0.183 e. The normalized spacial score (nSPS) is 10.5. The molecule has 6 heteroatoms. The zero-order valence-corrected chi connectivity index (χ0v) is 11.0. The van der Waals surface area contributed by atoms with Gasteiger partial charge in [0, 0.05) is 30.2 Å². The van der Waals surface area contributed by atoms with Gasteiger partial charge in [-0.15, -0.1) is 12.4 Å². The SMILES string of the molecule is COc1cc(F)c(F)c2c1cc(C)n2CCN.Cl. The zero-order chi connectivity index (χ0) is 12.6. The average Bonchev–Trinajstić information content (AvgIpc) is 2.62. The third-order valence-electron chi connectivity index (χ3n) is 2.82. The maximum atomic E-state index is 13.8. The van der Waals surface area contributed by atoms with E-state index in [1.807, 2.05) is 6.92 Å². The number of aryl methyl sites for hydroxylation is 1. The fourth-order valence-corrected chi connectivity index (χ4v) is 2.06. The molecule has 0 saturated carbocycles. The van der Waals surface area contributed by atoms with Gasteiger partial charge in [0.2, 0.25) is 0 Å². The molecule has 1 aromatic carbocycles. The summed E-state index contributed by atoms with van der Waals surface area (Å²) in [6.07, 6.45) is 0. The largest absolute Gasteiger partial charge is 0.496 e. The van der Waals surface area contributed by atoms with Crippen LogP contribution in [0.5, 0.6) is 5.75 Å². The van der Waals surface area contributed by atoms with Crippen LogP contribution < -0.4 is 10.5 Å². The summed E-state index contributed by atoms with van der Waals surface area (Å²) in [7, 11) is 1.43. The Labute approximate surface area is 110 Å². The molecular weight excluding hydrogens is 262 g/mol. The molecule has 0 bridgehead atoms. The third-order valence-corrected chi connectivity index (χ3v) is 2.82. The van der Waals surface area contributed by atoms with Crippen LogP contribution in [0.25, 0.3) is 10.9 Å². The molecule has 0 aliphatic carbocycles. The van der Waals surface area contributed by atoms with Crippen molar-refractivity contribution in [1.29, 1.82) is 0 Å². The quantitative estimate of drug-likeness (QED) is 0.936. The average molecular weight is 277 g/mol. The van der Waals surface area contributed by atoms with E-state index in [0.717, 1.165) is 11.8 Å². The number of nitrogens with zero attached hydrogens (tertiary/aromatic N) is 1. The van der Waals surface area contributed by atoms with E-state index in [1.54, 1.807) is 10.6 Å². The first kappa shape index (κ1) is 14.7. The Balaban J connectivity index is 0.00000162. The van der Waals surface area contributed by atoms with Crippen molar-refractivity contribution in [3.63, 3.8) is 0 Å². The van der Waals surface area contributed by atoms with Gasteiger partial charge in [-0.05, 0) is 13.0 Å². The summed E-state index contributed by atoms with van der Waals surface area (Å²) in [4.78, 5) is 0. The summed E-state index contributed by atoms with van der Waals surface area (Å²) < 4.78 is 34.0. The van der Waals surface area contributed by atoms with Crippen molar-refractivity contribution >= 4 is 23.3 Å². The molecule has 0 aliphatic heterocycles. The van der Waals surface area contributed by atoms with Crippen LogP contribution in [0.4, 0.5) is 8.78 Å². The smallest absolute Gasteiger partial charge is 0.183 e. The van der Waals surface area contributed by atoms with E-state index in [2.05, 4.69) is 0 Å². The molecule has 0 atom stereocenters. The molecule has 2 aromatic rings. The number of nitrogens with two attached hydrogens (primary N) is 1. The Hall–Kier alpha value is -1.33. The standard InChI is InChI=1S/C12H14F2N2O.ClH/c1-7-5-8-10(17-2)6-9(13)11(14)12(8)16(7)4-3-15;/h5-6H,3-4,15H2,1-2H3;1H. The maximum absolute atomic E-state index is 13.8. The lowest BCUT2D eigenvalue weighted by atomic mass is 10.2. The highest BCUT2D eigenvalue weighted by atomic mass is 35.5. The highest BCUT2D eigenvalue weighted by molar-refractivity contribution is 5.88. The molecule has 1 aromatic heterocycles. The molecule has 0 aliphatic rings. The number of fused-ring (bicyclic) bond motifs is 1. The van der Waals surface area contributed by atoms with Crippen LogP contribution in [-0.4, -0.2) is 18.2 Å². The van der Waals surface area contributed by atoms with Gasteiger partial charge in [-0.25, -0.2) is 8.78 Å². The van der Waals surface area contributed by atoms with Crippen molar-refractivity contribution in [1.82, 2.24) is 4.57 Å². The van der Waals surface area contributed by atoms with Gasteiger partial charge in [0.15, 0.2) is 11.6 Å². The second kappa shape index (κ2) is 5.54. The van der Waals surface area contributed by atoms with E-state index in [-0.39, 0.29) is 17.9 Å². The first-order valence-electron chi connectivity index (χ1n) is 5.32. The molecule has 1 heterocycles. The van der Waals surface area contributed by atoms with Gasteiger partial charge >= 0.3 is 0 Å². The van der Waals surface area contributed by atoms with E-state index < -0.39 is 11.6 Å². The molecule has 0 amide bonds. The Bertz CT molecular complexity index is 569. The Kier molecular flexibility index (Phi) is 4.53. The number of hydrogen-bond acceptors (Lipinski definition) is 2. The predicted octanol–water partition coefficient (Wildman–Crippen LogP) is 2.62. The minimum atomic E-state index is -0.911. The monoisotopic (exact) mass is 276 g/mol. The zero-order valence-electron chi connectivity index (χ0n) is 10.2. The van der Waals surface area contributed by atoms with Crippen LogP contribution in [0.1, 0.15) is 5.69 Å². The lowest BCUT2D eigenvalue weighted by Crippen LogP contribution is -2.11. The molecule has 0 spiro atoms. The number of benzene rings is 1. The van der Waals surface area contributed by atoms with E-state index in [0.29, 0.717) is 24.2 Å². The number of hydrogen-bond donors (Lipinski definition) is 1. The Morgan fingerprint density at radius 3 is 2.56 bits per heavy atom. The summed E-state index contributed by atoms with van der Waals surface area (Å²) in [5, 5.41) is 0.567. The fraction of sp³-hybridized carbons (Fsp3) is 0.333. The van der Waals surface area contributed by atoms with Gasteiger partial charge in [0.25, 0.3) is 0 Å². The van der Waals surface area contributed by atoms with Crippen LogP contribution in [-0.2, 0) is 6.54 Å². The van der Waals surface area contributed by atoms with Crippen molar-refractivity contribution < 1.29 is 13.5 Å². The number of aromatic nitrogens is 1. The van der Waals surface area contributed by atoms with Crippen molar-refractivity contribution in [3.8, 4) is 5.75 Å². The minimum absolute atomic E-state index is 0. The second-order valence-corrected chi connectivity index (χ2v) is 3.86.